The van der Waals surface area contributed by atoms with E-state index in [-0.39, 0.29) is 0 Å². The molecule has 110 valence electrons. The third kappa shape index (κ3) is 3.01. The van der Waals surface area contributed by atoms with Gasteiger partial charge in [0.05, 0.1) is 0 Å². The molecule has 2 nitrogen and oxygen atoms in total. The minimum atomic E-state index is 0.653. The van der Waals surface area contributed by atoms with Gasteiger partial charge in [-0.15, -0.1) is 0 Å². The Hall–Kier alpha value is -1.02. The summed E-state index contributed by atoms with van der Waals surface area (Å²) in [6.45, 7) is 5.62. The Morgan fingerprint density at radius 2 is 1.90 bits per heavy atom. The monoisotopic (exact) mass is 272 g/mol. The van der Waals surface area contributed by atoms with Gasteiger partial charge in [0.25, 0.3) is 0 Å². The summed E-state index contributed by atoms with van der Waals surface area (Å²) in [4.78, 5) is 0. The van der Waals surface area contributed by atoms with Crippen molar-refractivity contribution in [1.82, 2.24) is 5.32 Å². The summed E-state index contributed by atoms with van der Waals surface area (Å²) >= 11 is 0. The molecular formula is C18H28N2. The molecule has 3 rings (SSSR count). The summed E-state index contributed by atoms with van der Waals surface area (Å²) in [5.41, 5.74) is 4.07. The van der Waals surface area contributed by atoms with E-state index in [0.29, 0.717) is 6.04 Å². The number of hydrogen-bond donors (Lipinski definition) is 2. The van der Waals surface area contributed by atoms with Crippen LogP contribution in [0.15, 0.2) is 18.2 Å². The number of anilines is 1. The molecule has 1 saturated carbocycles. The van der Waals surface area contributed by atoms with E-state index in [0.717, 1.165) is 12.0 Å². The number of hydrogen-bond acceptors (Lipinski definition) is 2. The van der Waals surface area contributed by atoms with Crippen molar-refractivity contribution < 1.29 is 0 Å². The van der Waals surface area contributed by atoms with Gasteiger partial charge < -0.3 is 10.6 Å². The fraction of sp³-hybridized carbons (Fsp3) is 0.667. The van der Waals surface area contributed by atoms with Gasteiger partial charge in [-0.1, -0.05) is 25.0 Å². The molecule has 0 spiro atoms. The predicted molar refractivity (Wildman–Crippen MR) is 86.3 cm³/mol. The highest BCUT2D eigenvalue weighted by atomic mass is 15.0. The number of rotatable bonds is 3. The molecule has 3 atom stereocenters. The molecule has 1 aliphatic carbocycles. The van der Waals surface area contributed by atoms with Gasteiger partial charge in [0.15, 0.2) is 0 Å². The summed E-state index contributed by atoms with van der Waals surface area (Å²) in [7, 11) is 0. The van der Waals surface area contributed by atoms with Crippen molar-refractivity contribution in [1.29, 1.82) is 0 Å². The van der Waals surface area contributed by atoms with Crippen molar-refractivity contribution >= 4 is 5.69 Å². The van der Waals surface area contributed by atoms with Gasteiger partial charge in [0.1, 0.15) is 0 Å². The highest BCUT2D eigenvalue weighted by molar-refractivity contribution is 5.53. The summed E-state index contributed by atoms with van der Waals surface area (Å²) in [5, 5.41) is 7.61. The normalized spacial score (nSPS) is 30.4. The van der Waals surface area contributed by atoms with Crippen LogP contribution in [0.5, 0.6) is 0 Å². The average molecular weight is 272 g/mol. The van der Waals surface area contributed by atoms with E-state index >= 15 is 0 Å². The molecule has 0 bridgehead atoms. The van der Waals surface area contributed by atoms with E-state index < -0.39 is 0 Å². The van der Waals surface area contributed by atoms with Crippen molar-refractivity contribution in [2.75, 3.05) is 11.9 Å². The zero-order valence-electron chi connectivity index (χ0n) is 12.9. The second-order valence-corrected chi connectivity index (χ2v) is 6.72. The minimum Gasteiger partial charge on any atom is -0.382 e. The highest BCUT2D eigenvalue weighted by Crippen LogP contribution is 2.33. The average Bonchev–Trinajstić information content (AvgIpc) is 2.97. The first kappa shape index (κ1) is 13.9. The molecule has 1 saturated heterocycles. The molecule has 2 aliphatic rings. The smallest absolute Gasteiger partial charge is 0.0374 e. The SMILES string of the molecule is Cc1ccc(C)c(NC2CCCCC2C2CCCN2)c1. The third-order valence-corrected chi connectivity index (χ3v) is 5.17. The number of aryl methyl sites for hydroxylation is 2. The van der Waals surface area contributed by atoms with Crippen molar-refractivity contribution in [3.05, 3.63) is 29.3 Å². The number of nitrogens with one attached hydrogen (secondary N) is 2. The van der Waals surface area contributed by atoms with Crippen LogP contribution in [0.4, 0.5) is 5.69 Å². The molecule has 0 aromatic heterocycles. The van der Waals surface area contributed by atoms with E-state index in [9.17, 15) is 0 Å². The van der Waals surface area contributed by atoms with E-state index in [1.54, 1.807) is 0 Å². The molecule has 0 radical (unpaired) electrons. The van der Waals surface area contributed by atoms with Gasteiger partial charge >= 0.3 is 0 Å². The Kier molecular flexibility index (Phi) is 4.30. The first-order valence-corrected chi connectivity index (χ1v) is 8.31. The topological polar surface area (TPSA) is 24.1 Å². The summed E-state index contributed by atoms with van der Waals surface area (Å²) in [6.07, 6.45) is 8.24. The van der Waals surface area contributed by atoms with Crippen molar-refractivity contribution in [3.63, 3.8) is 0 Å². The van der Waals surface area contributed by atoms with E-state index in [1.165, 1.54) is 61.9 Å². The lowest BCUT2D eigenvalue weighted by Gasteiger charge is -2.37. The Balaban J connectivity index is 1.74. The lowest BCUT2D eigenvalue weighted by Crippen LogP contribution is -2.43. The van der Waals surface area contributed by atoms with Gasteiger partial charge in [0.2, 0.25) is 0 Å². The Morgan fingerprint density at radius 1 is 1.05 bits per heavy atom. The van der Waals surface area contributed by atoms with Crippen LogP contribution in [0.3, 0.4) is 0 Å². The van der Waals surface area contributed by atoms with Crippen LogP contribution in [0.25, 0.3) is 0 Å². The predicted octanol–water partition coefficient (Wildman–Crippen LogP) is 4.03. The van der Waals surface area contributed by atoms with Gasteiger partial charge in [-0.05, 0) is 69.2 Å². The van der Waals surface area contributed by atoms with E-state index in [1.807, 2.05) is 0 Å². The van der Waals surface area contributed by atoms with Crippen LogP contribution in [-0.2, 0) is 0 Å². The Morgan fingerprint density at radius 3 is 2.70 bits per heavy atom. The molecule has 2 N–H and O–H groups in total. The van der Waals surface area contributed by atoms with E-state index in [4.69, 9.17) is 0 Å². The molecule has 1 aromatic rings. The van der Waals surface area contributed by atoms with Crippen LogP contribution >= 0.6 is 0 Å². The quantitative estimate of drug-likeness (QED) is 0.868. The standard InChI is InChI=1S/C18H28N2/c1-13-9-10-14(2)18(12-13)20-17-7-4-3-6-15(17)16-8-5-11-19-16/h9-10,12,15-17,19-20H,3-8,11H2,1-2H3. The highest BCUT2D eigenvalue weighted by Gasteiger charge is 2.33. The number of benzene rings is 1. The van der Waals surface area contributed by atoms with Crippen molar-refractivity contribution in [2.24, 2.45) is 5.92 Å². The molecule has 1 aliphatic heterocycles. The van der Waals surface area contributed by atoms with Gasteiger partial charge in [0, 0.05) is 17.8 Å². The molecular weight excluding hydrogens is 244 g/mol. The second-order valence-electron chi connectivity index (χ2n) is 6.72. The van der Waals surface area contributed by atoms with Gasteiger partial charge in [-0.3, -0.25) is 0 Å². The Labute approximate surface area is 123 Å². The molecule has 0 amide bonds. The van der Waals surface area contributed by atoms with Crippen LogP contribution in [0.2, 0.25) is 0 Å². The largest absolute Gasteiger partial charge is 0.382 e. The molecule has 1 heterocycles. The molecule has 1 aromatic carbocycles. The summed E-state index contributed by atoms with van der Waals surface area (Å²) < 4.78 is 0. The fourth-order valence-electron chi connectivity index (χ4n) is 3.99. The maximum atomic E-state index is 3.88. The molecule has 20 heavy (non-hydrogen) atoms. The summed E-state index contributed by atoms with van der Waals surface area (Å²) in [5.74, 6) is 0.811. The van der Waals surface area contributed by atoms with Crippen LogP contribution < -0.4 is 10.6 Å². The maximum Gasteiger partial charge on any atom is 0.0374 e. The van der Waals surface area contributed by atoms with Gasteiger partial charge in [-0.25, -0.2) is 0 Å². The van der Waals surface area contributed by atoms with Crippen LogP contribution in [-0.4, -0.2) is 18.6 Å². The minimum absolute atomic E-state index is 0.653. The first-order valence-electron chi connectivity index (χ1n) is 8.31. The van der Waals surface area contributed by atoms with E-state index in [2.05, 4.69) is 42.7 Å². The van der Waals surface area contributed by atoms with Gasteiger partial charge in [-0.2, -0.15) is 0 Å². The molecule has 2 heteroatoms. The van der Waals surface area contributed by atoms with Crippen molar-refractivity contribution in [3.8, 4) is 0 Å². The first-order chi connectivity index (χ1) is 9.74. The van der Waals surface area contributed by atoms with Crippen LogP contribution in [0.1, 0.15) is 49.7 Å². The lowest BCUT2D eigenvalue weighted by molar-refractivity contribution is 0.262. The third-order valence-electron chi connectivity index (χ3n) is 5.17. The zero-order valence-corrected chi connectivity index (χ0v) is 12.9. The Bertz CT molecular complexity index is 449. The lowest BCUT2D eigenvalue weighted by atomic mass is 9.79. The zero-order chi connectivity index (χ0) is 13.9. The van der Waals surface area contributed by atoms with Crippen molar-refractivity contribution in [2.45, 2.75) is 64.5 Å². The fourth-order valence-corrected chi connectivity index (χ4v) is 3.99. The van der Waals surface area contributed by atoms with Crippen LogP contribution in [0, 0.1) is 19.8 Å². The second kappa shape index (κ2) is 6.17. The summed E-state index contributed by atoms with van der Waals surface area (Å²) in [6, 6.07) is 8.15. The molecule has 2 fully saturated rings. The molecule has 3 unspecified atom stereocenters. The maximum absolute atomic E-state index is 3.88.